The highest BCUT2D eigenvalue weighted by Gasteiger charge is 2.43. The summed E-state index contributed by atoms with van der Waals surface area (Å²) in [5, 5.41) is 0. The van der Waals surface area contributed by atoms with Gasteiger partial charge in [0.25, 0.3) is 0 Å². The minimum Gasteiger partial charge on any atom is -0.493 e. The number of carbonyl (C=O) groups is 2. The number of Topliss-reactive ketones (excluding diaryl/α,β-unsaturated/α-hetero) is 1. The summed E-state index contributed by atoms with van der Waals surface area (Å²) < 4.78 is 26.9. The fraction of sp³-hybridized carbons (Fsp3) is 0.400. The van der Waals surface area contributed by atoms with Gasteiger partial charge in [-0.05, 0) is 12.5 Å². The molecule has 8 heteroatoms. The van der Waals surface area contributed by atoms with Gasteiger partial charge in [-0.2, -0.15) is 0 Å². The highest BCUT2D eigenvalue weighted by molar-refractivity contribution is 6.03. The van der Waals surface area contributed by atoms with E-state index < -0.39 is 11.9 Å². The number of rotatable bonds is 5. The Morgan fingerprint density at radius 3 is 2.39 bits per heavy atom. The normalized spacial score (nSPS) is 19.0. The van der Waals surface area contributed by atoms with Gasteiger partial charge in [-0.3, -0.25) is 4.79 Å². The van der Waals surface area contributed by atoms with Crippen LogP contribution < -0.4 is 19.9 Å². The molecule has 1 atom stereocenters. The number of carbonyl (C=O) groups excluding carboxylic acids is 2. The molecule has 2 N–H and O–H groups in total. The molecule has 0 fully saturated rings. The van der Waals surface area contributed by atoms with Crippen LogP contribution in [0, 0.1) is 0 Å². The number of methoxy groups -OCH3 is 4. The zero-order chi connectivity index (χ0) is 20.4. The van der Waals surface area contributed by atoms with E-state index >= 15 is 0 Å². The van der Waals surface area contributed by atoms with Crippen LogP contribution in [0.1, 0.15) is 30.7 Å². The Hall–Kier alpha value is -3.16. The maximum absolute atomic E-state index is 12.8. The Balaban J connectivity index is 2.30. The molecular weight excluding hydrogens is 366 g/mol. The van der Waals surface area contributed by atoms with Crippen molar-refractivity contribution in [3.05, 3.63) is 40.5 Å². The summed E-state index contributed by atoms with van der Waals surface area (Å²) >= 11 is 0. The number of ether oxygens (including phenoxy) is 5. The summed E-state index contributed by atoms with van der Waals surface area (Å²) in [5.74, 6) is -0.0309. The molecule has 8 nitrogen and oxygen atoms in total. The predicted octanol–water partition coefficient (Wildman–Crippen LogP) is 2.18. The van der Waals surface area contributed by atoms with E-state index in [-0.39, 0.29) is 17.2 Å². The maximum atomic E-state index is 12.8. The van der Waals surface area contributed by atoms with Crippen LogP contribution in [0.3, 0.4) is 0 Å². The van der Waals surface area contributed by atoms with Crippen molar-refractivity contribution < 1.29 is 33.3 Å². The first kappa shape index (κ1) is 19.6. The summed E-state index contributed by atoms with van der Waals surface area (Å²) in [4.78, 5) is 25.4. The van der Waals surface area contributed by atoms with Crippen molar-refractivity contribution in [2.45, 2.75) is 25.2 Å². The van der Waals surface area contributed by atoms with E-state index in [9.17, 15) is 9.59 Å². The van der Waals surface area contributed by atoms with Crippen molar-refractivity contribution in [1.82, 2.24) is 0 Å². The van der Waals surface area contributed by atoms with Gasteiger partial charge in [-0.25, -0.2) is 4.79 Å². The summed E-state index contributed by atoms with van der Waals surface area (Å²) in [6, 6.07) is 3.41. The molecule has 0 saturated heterocycles. The van der Waals surface area contributed by atoms with Crippen LogP contribution in [-0.4, -0.2) is 40.2 Å². The van der Waals surface area contributed by atoms with Gasteiger partial charge in [-0.1, -0.05) is 6.07 Å². The van der Waals surface area contributed by atoms with Gasteiger partial charge >= 0.3 is 5.97 Å². The minimum atomic E-state index is -0.793. The lowest BCUT2D eigenvalue weighted by atomic mass is 9.77. The molecule has 1 heterocycles. The highest BCUT2D eigenvalue weighted by atomic mass is 16.5. The lowest BCUT2D eigenvalue weighted by molar-refractivity contribution is -0.136. The van der Waals surface area contributed by atoms with Crippen LogP contribution >= 0.6 is 0 Å². The molecule has 1 aliphatic carbocycles. The molecule has 150 valence electrons. The lowest BCUT2D eigenvalue weighted by Gasteiger charge is -2.33. The first-order valence-electron chi connectivity index (χ1n) is 8.79. The average Bonchev–Trinajstić information content (AvgIpc) is 2.71. The summed E-state index contributed by atoms with van der Waals surface area (Å²) in [7, 11) is 5.71. The van der Waals surface area contributed by atoms with Crippen molar-refractivity contribution in [3.8, 4) is 17.2 Å². The number of allylic oxidation sites excluding steroid dienone is 2. The van der Waals surface area contributed by atoms with Gasteiger partial charge in [0, 0.05) is 24.0 Å². The molecule has 1 aliphatic heterocycles. The molecule has 28 heavy (non-hydrogen) atoms. The Bertz CT molecular complexity index is 885. The smallest absolute Gasteiger partial charge is 0.340 e. The van der Waals surface area contributed by atoms with Gasteiger partial charge in [0.15, 0.2) is 17.3 Å². The number of nitrogens with two attached hydrogens (primary N) is 1. The highest BCUT2D eigenvalue weighted by Crippen LogP contribution is 2.50. The van der Waals surface area contributed by atoms with Crippen molar-refractivity contribution >= 4 is 11.8 Å². The van der Waals surface area contributed by atoms with Crippen molar-refractivity contribution in [1.29, 1.82) is 0 Å². The zero-order valence-corrected chi connectivity index (χ0v) is 16.3. The molecule has 0 bridgehead atoms. The van der Waals surface area contributed by atoms with E-state index in [0.717, 1.165) is 0 Å². The first-order valence-corrected chi connectivity index (χ1v) is 8.79. The van der Waals surface area contributed by atoms with Crippen LogP contribution in [0.2, 0.25) is 0 Å². The fourth-order valence-corrected chi connectivity index (χ4v) is 3.73. The summed E-state index contributed by atoms with van der Waals surface area (Å²) in [6.07, 6.45) is 1.58. The zero-order valence-electron chi connectivity index (χ0n) is 16.3. The fourth-order valence-electron chi connectivity index (χ4n) is 3.73. The molecule has 0 radical (unpaired) electrons. The monoisotopic (exact) mass is 389 g/mol. The average molecular weight is 389 g/mol. The van der Waals surface area contributed by atoms with Gasteiger partial charge in [0.1, 0.15) is 11.3 Å². The molecule has 2 aliphatic rings. The third-order valence-electron chi connectivity index (χ3n) is 4.94. The van der Waals surface area contributed by atoms with E-state index in [4.69, 9.17) is 29.4 Å². The lowest BCUT2D eigenvalue weighted by Crippen LogP contribution is -2.31. The molecular formula is C20H23NO7. The first-order chi connectivity index (χ1) is 13.5. The number of benzene rings is 1. The van der Waals surface area contributed by atoms with Crippen molar-refractivity contribution in [2.24, 2.45) is 5.73 Å². The quantitative estimate of drug-likeness (QED) is 0.764. The summed E-state index contributed by atoms with van der Waals surface area (Å²) in [5.41, 5.74) is 7.06. The number of hydrogen-bond acceptors (Lipinski definition) is 8. The van der Waals surface area contributed by atoms with Crippen molar-refractivity contribution in [2.75, 3.05) is 28.4 Å². The second-order valence-electron chi connectivity index (χ2n) is 6.34. The van der Waals surface area contributed by atoms with E-state index in [2.05, 4.69) is 0 Å². The van der Waals surface area contributed by atoms with E-state index in [0.29, 0.717) is 53.4 Å². The Kier molecular flexibility index (Phi) is 5.48. The standard InChI is InChI=1S/C20H23NO7/c1-24-13-9-8-10(17(25-2)18(13)26-3)14-15-11(22)6-5-7-12(15)28-19(21)16(14)20(23)27-4/h8-9,14H,5-7,21H2,1-4H3/t14-/m0/s1. The third kappa shape index (κ3) is 3.04. The molecule has 0 unspecified atom stereocenters. The second-order valence-corrected chi connectivity index (χ2v) is 6.34. The third-order valence-corrected chi connectivity index (χ3v) is 4.94. The van der Waals surface area contributed by atoms with Crippen LogP contribution in [0.25, 0.3) is 0 Å². The van der Waals surface area contributed by atoms with Crippen LogP contribution in [0.5, 0.6) is 17.2 Å². The second kappa shape index (κ2) is 7.84. The van der Waals surface area contributed by atoms with Crippen LogP contribution in [0.4, 0.5) is 0 Å². The molecule has 1 aromatic rings. The van der Waals surface area contributed by atoms with Gasteiger partial charge in [0.05, 0.1) is 34.4 Å². The molecule has 1 aromatic carbocycles. The largest absolute Gasteiger partial charge is 0.493 e. The molecule has 0 saturated carbocycles. The molecule has 0 aromatic heterocycles. The van der Waals surface area contributed by atoms with Crippen molar-refractivity contribution in [3.63, 3.8) is 0 Å². The Morgan fingerprint density at radius 1 is 1.07 bits per heavy atom. The minimum absolute atomic E-state index is 0.0574. The van der Waals surface area contributed by atoms with Gasteiger partial charge in [-0.15, -0.1) is 0 Å². The van der Waals surface area contributed by atoms with Crippen LogP contribution in [-0.2, 0) is 19.1 Å². The topological polar surface area (TPSA) is 106 Å². The predicted molar refractivity (Wildman–Crippen MR) is 99.0 cm³/mol. The number of ketones is 1. The molecule has 0 amide bonds. The Labute approximate surface area is 162 Å². The molecule has 3 rings (SSSR count). The van der Waals surface area contributed by atoms with E-state index in [1.165, 1.54) is 28.4 Å². The summed E-state index contributed by atoms with van der Waals surface area (Å²) in [6.45, 7) is 0. The molecule has 0 spiro atoms. The number of hydrogen-bond donors (Lipinski definition) is 1. The van der Waals surface area contributed by atoms with Crippen LogP contribution in [0.15, 0.2) is 34.9 Å². The SMILES string of the molecule is COC(=O)C1=C(N)OC2=C(C(=O)CCC2)[C@@H]1c1ccc(OC)c(OC)c1OC. The van der Waals surface area contributed by atoms with E-state index in [1.54, 1.807) is 12.1 Å². The number of esters is 1. The van der Waals surface area contributed by atoms with Gasteiger partial charge in [0.2, 0.25) is 11.6 Å². The maximum Gasteiger partial charge on any atom is 0.340 e. The van der Waals surface area contributed by atoms with Gasteiger partial charge < -0.3 is 29.4 Å². The Morgan fingerprint density at radius 2 is 1.79 bits per heavy atom. The van der Waals surface area contributed by atoms with E-state index in [1.807, 2.05) is 0 Å².